The van der Waals surface area contributed by atoms with Crippen LogP contribution in [0.25, 0.3) is 0 Å². The number of amides is 4. The maximum atomic E-state index is 12.7. The maximum absolute atomic E-state index is 12.7. The average Bonchev–Trinajstić information content (AvgIpc) is 3.00. The molecule has 0 spiro atoms. The Morgan fingerprint density at radius 2 is 1.85 bits per heavy atom. The number of hydrogen-bond donors (Lipinski definition) is 2. The first-order valence-corrected chi connectivity index (χ1v) is 9.15. The lowest BCUT2D eigenvalue weighted by Gasteiger charge is -2.15. The summed E-state index contributed by atoms with van der Waals surface area (Å²) in [7, 11) is 0. The number of anilines is 1. The van der Waals surface area contributed by atoms with E-state index in [-0.39, 0.29) is 24.9 Å². The van der Waals surface area contributed by atoms with Crippen LogP contribution in [0.3, 0.4) is 0 Å². The second-order valence-electron chi connectivity index (χ2n) is 6.55. The van der Waals surface area contributed by atoms with Crippen molar-refractivity contribution in [3.8, 4) is 0 Å². The number of hydrogen-bond acceptors (Lipinski definition) is 3. The zero-order chi connectivity index (χ0) is 19.2. The fourth-order valence-corrected chi connectivity index (χ4v) is 3.00. The third kappa shape index (κ3) is 4.53. The molecule has 3 rings (SSSR count). The largest absolute Gasteiger partial charge is 0.329 e. The van der Waals surface area contributed by atoms with E-state index < -0.39 is 6.03 Å². The molecule has 2 N–H and O–H groups in total. The minimum absolute atomic E-state index is 0.00240. The summed E-state index contributed by atoms with van der Waals surface area (Å²) in [5, 5.41) is 5.37. The van der Waals surface area contributed by atoms with Crippen molar-refractivity contribution in [2.45, 2.75) is 32.7 Å². The zero-order valence-electron chi connectivity index (χ0n) is 15.3. The van der Waals surface area contributed by atoms with Crippen LogP contribution in [-0.2, 0) is 17.8 Å². The predicted molar refractivity (Wildman–Crippen MR) is 103 cm³/mol. The summed E-state index contributed by atoms with van der Waals surface area (Å²) in [6.45, 7) is 2.23. The van der Waals surface area contributed by atoms with Crippen molar-refractivity contribution in [2.24, 2.45) is 0 Å². The van der Waals surface area contributed by atoms with Gasteiger partial charge in [0.05, 0.1) is 13.1 Å². The summed E-state index contributed by atoms with van der Waals surface area (Å²) in [4.78, 5) is 37.4. The van der Waals surface area contributed by atoms with Crippen LogP contribution in [-0.4, -0.2) is 29.3 Å². The van der Waals surface area contributed by atoms with Gasteiger partial charge in [-0.05, 0) is 42.2 Å². The Balaban J connectivity index is 1.71. The molecule has 0 aliphatic carbocycles. The van der Waals surface area contributed by atoms with Gasteiger partial charge in [-0.1, -0.05) is 43.7 Å². The van der Waals surface area contributed by atoms with Gasteiger partial charge in [0, 0.05) is 11.3 Å². The molecule has 6 heteroatoms. The molecule has 6 nitrogen and oxygen atoms in total. The normalized spacial score (nSPS) is 13.6. The van der Waals surface area contributed by atoms with Crippen molar-refractivity contribution in [3.05, 3.63) is 65.2 Å². The van der Waals surface area contributed by atoms with Crippen LogP contribution >= 0.6 is 0 Å². The fraction of sp³-hybridized carbons (Fsp3) is 0.286. The average molecular weight is 365 g/mol. The summed E-state index contributed by atoms with van der Waals surface area (Å²) >= 11 is 0. The van der Waals surface area contributed by atoms with Crippen LogP contribution < -0.4 is 10.6 Å². The Kier molecular flexibility index (Phi) is 5.86. The van der Waals surface area contributed by atoms with Gasteiger partial charge in [-0.15, -0.1) is 0 Å². The highest BCUT2D eigenvalue weighted by molar-refractivity contribution is 6.06. The van der Waals surface area contributed by atoms with Crippen LogP contribution in [0.5, 0.6) is 0 Å². The number of aryl methyl sites for hydroxylation is 1. The van der Waals surface area contributed by atoms with E-state index in [1.165, 1.54) is 5.56 Å². The Hall–Kier alpha value is -3.15. The highest BCUT2D eigenvalue weighted by atomic mass is 16.2. The molecule has 0 unspecified atom stereocenters. The van der Waals surface area contributed by atoms with E-state index in [2.05, 4.69) is 17.6 Å². The Labute approximate surface area is 158 Å². The van der Waals surface area contributed by atoms with Crippen molar-refractivity contribution in [1.82, 2.24) is 10.2 Å². The standard InChI is InChI=1S/C21H23N3O3/c1-2-3-6-15-9-11-17(12-10-15)23-20(26)18-8-5-4-7-16(18)14-24-19(25)13-22-21(24)27/h4-5,7-12H,2-3,6,13-14H2,1H3,(H,22,27)(H,23,26). The molecule has 2 aromatic rings. The first kappa shape index (κ1) is 18.6. The summed E-state index contributed by atoms with van der Waals surface area (Å²) in [6.07, 6.45) is 3.31. The highest BCUT2D eigenvalue weighted by Crippen LogP contribution is 2.17. The van der Waals surface area contributed by atoms with Crippen LogP contribution in [0.2, 0.25) is 0 Å². The van der Waals surface area contributed by atoms with Crippen molar-refractivity contribution < 1.29 is 14.4 Å². The third-order valence-electron chi connectivity index (χ3n) is 4.56. The first-order valence-electron chi connectivity index (χ1n) is 9.15. The summed E-state index contributed by atoms with van der Waals surface area (Å²) in [6, 6.07) is 14.4. The molecule has 0 aromatic heterocycles. The van der Waals surface area contributed by atoms with Crippen molar-refractivity contribution >= 4 is 23.5 Å². The summed E-state index contributed by atoms with van der Waals surface area (Å²) in [5.41, 5.74) is 3.03. The van der Waals surface area contributed by atoms with E-state index in [4.69, 9.17) is 0 Å². The van der Waals surface area contributed by atoms with E-state index in [1.54, 1.807) is 24.3 Å². The number of nitrogens with zero attached hydrogens (tertiary/aromatic N) is 1. The molecule has 1 heterocycles. The number of rotatable bonds is 7. The molecule has 1 fully saturated rings. The van der Waals surface area contributed by atoms with Gasteiger partial charge >= 0.3 is 6.03 Å². The van der Waals surface area contributed by atoms with Gasteiger partial charge in [0.1, 0.15) is 0 Å². The Morgan fingerprint density at radius 1 is 1.11 bits per heavy atom. The Bertz CT molecular complexity index is 830. The van der Waals surface area contributed by atoms with Crippen LogP contribution in [0.15, 0.2) is 48.5 Å². The predicted octanol–water partition coefficient (Wildman–Crippen LogP) is 3.33. The number of urea groups is 1. The van der Waals surface area contributed by atoms with Gasteiger partial charge in [-0.25, -0.2) is 4.79 Å². The van der Waals surface area contributed by atoms with Gasteiger partial charge in [-0.3, -0.25) is 14.5 Å². The molecule has 140 valence electrons. The van der Waals surface area contributed by atoms with E-state index in [0.29, 0.717) is 16.8 Å². The minimum atomic E-state index is -0.433. The molecule has 4 amide bonds. The number of carbonyl (C=O) groups excluding carboxylic acids is 3. The number of imide groups is 1. The van der Waals surface area contributed by atoms with E-state index in [9.17, 15) is 14.4 Å². The maximum Gasteiger partial charge on any atom is 0.324 e. The van der Waals surface area contributed by atoms with Gasteiger partial charge in [-0.2, -0.15) is 0 Å². The second kappa shape index (κ2) is 8.49. The van der Waals surface area contributed by atoms with Gasteiger partial charge < -0.3 is 10.6 Å². The summed E-state index contributed by atoms with van der Waals surface area (Å²) < 4.78 is 0. The lowest BCUT2D eigenvalue weighted by molar-refractivity contribution is -0.125. The Morgan fingerprint density at radius 3 is 2.52 bits per heavy atom. The quantitative estimate of drug-likeness (QED) is 0.739. The van der Waals surface area contributed by atoms with E-state index >= 15 is 0 Å². The number of unbranched alkanes of at least 4 members (excludes halogenated alkanes) is 1. The van der Waals surface area contributed by atoms with Gasteiger partial charge in [0.25, 0.3) is 5.91 Å². The monoisotopic (exact) mass is 365 g/mol. The fourth-order valence-electron chi connectivity index (χ4n) is 3.00. The number of carbonyl (C=O) groups is 3. The molecule has 2 aromatic carbocycles. The molecule has 1 saturated heterocycles. The number of nitrogens with one attached hydrogen (secondary N) is 2. The SMILES string of the molecule is CCCCc1ccc(NC(=O)c2ccccc2CN2C(=O)CNC2=O)cc1. The molecule has 1 aliphatic heterocycles. The smallest absolute Gasteiger partial charge is 0.324 e. The van der Waals surface area contributed by atoms with Crippen LogP contribution in [0.4, 0.5) is 10.5 Å². The van der Waals surface area contributed by atoms with E-state index in [0.717, 1.165) is 24.2 Å². The molecule has 27 heavy (non-hydrogen) atoms. The lowest BCUT2D eigenvalue weighted by Crippen LogP contribution is -2.31. The highest BCUT2D eigenvalue weighted by Gasteiger charge is 2.29. The van der Waals surface area contributed by atoms with Gasteiger partial charge in [0.15, 0.2) is 0 Å². The molecule has 0 radical (unpaired) electrons. The molecular weight excluding hydrogens is 342 g/mol. The second-order valence-corrected chi connectivity index (χ2v) is 6.55. The minimum Gasteiger partial charge on any atom is -0.329 e. The van der Waals surface area contributed by atoms with Crippen LogP contribution in [0, 0.1) is 0 Å². The van der Waals surface area contributed by atoms with Crippen molar-refractivity contribution in [3.63, 3.8) is 0 Å². The molecular formula is C21H23N3O3. The van der Waals surface area contributed by atoms with Crippen molar-refractivity contribution in [1.29, 1.82) is 0 Å². The van der Waals surface area contributed by atoms with Crippen molar-refractivity contribution in [2.75, 3.05) is 11.9 Å². The first-order chi connectivity index (χ1) is 13.1. The molecule has 1 aliphatic rings. The van der Waals surface area contributed by atoms with Crippen LogP contribution in [0.1, 0.15) is 41.3 Å². The molecule has 0 bridgehead atoms. The topological polar surface area (TPSA) is 78.5 Å². The molecule has 0 atom stereocenters. The zero-order valence-corrected chi connectivity index (χ0v) is 15.3. The lowest BCUT2D eigenvalue weighted by atomic mass is 10.1. The molecule has 0 saturated carbocycles. The third-order valence-corrected chi connectivity index (χ3v) is 4.56. The summed E-state index contributed by atoms with van der Waals surface area (Å²) in [5.74, 6) is -0.558. The van der Waals surface area contributed by atoms with Gasteiger partial charge in [0.2, 0.25) is 5.91 Å². The van der Waals surface area contributed by atoms with E-state index in [1.807, 2.05) is 24.3 Å². The number of benzene rings is 2.